The molecule has 7 nitrogen and oxygen atoms in total. The molecule has 2 fully saturated rings. The van der Waals surface area contributed by atoms with E-state index in [1.165, 1.54) is 0 Å². The molecule has 2 saturated carbocycles. The Morgan fingerprint density at radius 3 is 2.48 bits per heavy atom. The summed E-state index contributed by atoms with van der Waals surface area (Å²) in [6.07, 6.45) is -0.221. The van der Waals surface area contributed by atoms with Crippen molar-refractivity contribution in [2.75, 3.05) is 13.2 Å². The highest BCUT2D eigenvalue weighted by molar-refractivity contribution is 5.77. The van der Waals surface area contributed by atoms with Gasteiger partial charge in [0.1, 0.15) is 25.3 Å². The molecule has 176 valence electrons. The number of rotatable bonds is 5. The van der Waals surface area contributed by atoms with Crippen LogP contribution in [0.1, 0.15) is 61.3 Å². The molecule has 2 aromatic rings. The smallest absolute Gasteiger partial charge is 0.421 e. The van der Waals surface area contributed by atoms with Crippen molar-refractivity contribution in [2.24, 2.45) is 0 Å². The van der Waals surface area contributed by atoms with Crippen LogP contribution in [-0.4, -0.2) is 28.9 Å². The molecule has 0 spiro atoms. The van der Waals surface area contributed by atoms with Gasteiger partial charge in [0, 0.05) is 5.92 Å². The second-order valence-electron chi connectivity index (χ2n) is 8.91. The number of halogens is 3. The molecule has 3 aliphatic rings. The van der Waals surface area contributed by atoms with Gasteiger partial charge in [0.2, 0.25) is 5.91 Å². The van der Waals surface area contributed by atoms with Crippen LogP contribution in [0.15, 0.2) is 29.1 Å². The maximum Gasteiger partial charge on any atom is 0.421 e. The Labute approximate surface area is 187 Å². The van der Waals surface area contributed by atoms with Crippen LogP contribution in [0.25, 0.3) is 0 Å². The number of benzene rings is 1. The van der Waals surface area contributed by atoms with Crippen molar-refractivity contribution in [3.63, 3.8) is 0 Å². The first-order chi connectivity index (χ1) is 15.7. The van der Waals surface area contributed by atoms with Crippen LogP contribution in [0.4, 0.5) is 13.2 Å². The van der Waals surface area contributed by atoms with Gasteiger partial charge in [0.05, 0.1) is 11.2 Å². The van der Waals surface area contributed by atoms with E-state index in [2.05, 4.69) is 10.4 Å². The second kappa shape index (κ2) is 8.07. The highest BCUT2D eigenvalue weighted by Crippen LogP contribution is 2.43. The summed E-state index contributed by atoms with van der Waals surface area (Å²) < 4.78 is 52.1. The number of ether oxygens (including phenoxy) is 2. The molecule has 1 aliphatic heterocycles. The predicted molar refractivity (Wildman–Crippen MR) is 111 cm³/mol. The van der Waals surface area contributed by atoms with E-state index in [0.29, 0.717) is 42.2 Å². The summed E-state index contributed by atoms with van der Waals surface area (Å²) in [6.45, 7) is 0.327. The summed E-state index contributed by atoms with van der Waals surface area (Å²) in [5.41, 5.74) is -2.22. The maximum absolute atomic E-state index is 13.4. The molecule has 1 N–H and O–H groups in total. The number of carbonyl (C=O) groups is 1. The Hall–Kier alpha value is -3.04. The number of aromatic nitrogens is 2. The Morgan fingerprint density at radius 1 is 1.12 bits per heavy atom. The van der Waals surface area contributed by atoms with E-state index in [9.17, 15) is 22.8 Å². The van der Waals surface area contributed by atoms with Gasteiger partial charge in [-0.05, 0) is 49.4 Å². The Bertz CT molecular complexity index is 1130. The van der Waals surface area contributed by atoms with Crippen molar-refractivity contribution < 1.29 is 27.4 Å². The van der Waals surface area contributed by atoms with Crippen molar-refractivity contribution in [2.45, 2.75) is 62.7 Å². The largest absolute Gasteiger partial charge is 0.486 e. The molecule has 1 aromatic heterocycles. The highest BCUT2D eigenvalue weighted by Gasteiger charge is 2.40. The standard InChI is InChI=1S/C23H24F3N3O4/c24-23(25,26)16-12-17(14-3-4-14)28-29(21(16)31)13-20(30)27-22(7-1-2-8-22)15-5-6-18-19(11-15)33-10-9-32-18/h5-6,11-12,14H,1-4,7-10,13H2,(H,27,30). The number of hydrogen-bond donors (Lipinski definition) is 1. The van der Waals surface area contributed by atoms with Gasteiger partial charge in [-0.3, -0.25) is 9.59 Å². The molecule has 2 aliphatic carbocycles. The minimum atomic E-state index is -4.81. The lowest BCUT2D eigenvalue weighted by Crippen LogP contribution is -2.46. The minimum absolute atomic E-state index is 0.0973. The van der Waals surface area contributed by atoms with Gasteiger partial charge < -0.3 is 14.8 Å². The highest BCUT2D eigenvalue weighted by atomic mass is 19.4. The molecular weight excluding hydrogens is 439 g/mol. The van der Waals surface area contributed by atoms with E-state index in [4.69, 9.17) is 9.47 Å². The molecule has 0 saturated heterocycles. The van der Waals surface area contributed by atoms with Gasteiger partial charge in [-0.1, -0.05) is 18.9 Å². The maximum atomic E-state index is 13.4. The Balaban J connectivity index is 1.42. The molecule has 1 aromatic carbocycles. The topological polar surface area (TPSA) is 82.5 Å². The minimum Gasteiger partial charge on any atom is -0.486 e. The van der Waals surface area contributed by atoms with Crippen molar-refractivity contribution >= 4 is 5.91 Å². The first-order valence-electron chi connectivity index (χ1n) is 11.2. The van der Waals surface area contributed by atoms with Crippen molar-refractivity contribution in [1.29, 1.82) is 0 Å². The van der Waals surface area contributed by atoms with Gasteiger partial charge >= 0.3 is 6.18 Å². The first kappa shape index (κ1) is 21.8. The number of alkyl halides is 3. The van der Waals surface area contributed by atoms with Gasteiger partial charge in [0.15, 0.2) is 11.5 Å². The fourth-order valence-corrected chi connectivity index (χ4v) is 4.70. The van der Waals surface area contributed by atoms with Crippen LogP contribution in [0, 0.1) is 0 Å². The molecule has 10 heteroatoms. The first-order valence-corrected chi connectivity index (χ1v) is 11.2. The van der Waals surface area contributed by atoms with E-state index in [0.717, 1.165) is 37.3 Å². The Morgan fingerprint density at radius 2 is 1.82 bits per heavy atom. The molecule has 5 rings (SSSR count). The fourth-order valence-electron chi connectivity index (χ4n) is 4.70. The second-order valence-corrected chi connectivity index (χ2v) is 8.91. The number of hydrogen-bond acceptors (Lipinski definition) is 5. The lowest BCUT2D eigenvalue weighted by molar-refractivity contribution is -0.139. The zero-order valence-electron chi connectivity index (χ0n) is 17.9. The summed E-state index contributed by atoms with van der Waals surface area (Å²) in [6, 6.07) is 6.35. The number of fused-ring (bicyclic) bond motifs is 1. The average molecular weight is 463 g/mol. The molecule has 1 amide bonds. The van der Waals surface area contributed by atoms with Crippen LogP contribution in [0.2, 0.25) is 0 Å². The van der Waals surface area contributed by atoms with E-state index in [-0.39, 0.29) is 11.6 Å². The summed E-state index contributed by atoms with van der Waals surface area (Å²) in [5, 5.41) is 7.08. The number of amides is 1. The molecule has 0 radical (unpaired) electrons. The summed E-state index contributed by atoms with van der Waals surface area (Å²) in [5.74, 6) is 0.586. The van der Waals surface area contributed by atoms with Crippen LogP contribution < -0.4 is 20.3 Å². The number of carbonyl (C=O) groups excluding carboxylic acids is 1. The van der Waals surface area contributed by atoms with E-state index >= 15 is 0 Å². The normalized spacial score (nSPS) is 19.4. The molecule has 2 heterocycles. The molecule has 0 atom stereocenters. The van der Waals surface area contributed by atoms with Crippen LogP contribution >= 0.6 is 0 Å². The lowest BCUT2D eigenvalue weighted by atomic mass is 9.87. The molecular formula is C23H24F3N3O4. The molecule has 0 unspecified atom stereocenters. The quantitative estimate of drug-likeness (QED) is 0.734. The van der Waals surface area contributed by atoms with E-state index < -0.39 is 35.3 Å². The molecule has 0 bridgehead atoms. The van der Waals surface area contributed by atoms with Gasteiger partial charge in [-0.25, -0.2) is 4.68 Å². The number of nitrogens with one attached hydrogen (secondary N) is 1. The average Bonchev–Trinajstić information content (AvgIpc) is 3.52. The van der Waals surface area contributed by atoms with Crippen LogP contribution in [0.5, 0.6) is 11.5 Å². The zero-order valence-corrected chi connectivity index (χ0v) is 17.9. The van der Waals surface area contributed by atoms with Crippen LogP contribution in [0.3, 0.4) is 0 Å². The fraction of sp³-hybridized carbons (Fsp3) is 0.522. The third kappa shape index (κ3) is 4.30. The lowest BCUT2D eigenvalue weighted by Gasteiger charge is -2.32. The molecule has 33 heavy (non-hydrogen) atoms. The van der Waals surface area contributed by atoms with Gasteiger partial charge in [-0.2, -0.15) is 18.3 Å². The third-order valence-electron chi connectivity index (χ3n) is 6.52. The zero-order chi connectivity index (χ0) is 23.2. The summed E-state index contributed by atoms with van der Waals surface area (Å²) in [4.78, 5) is 25.5. The summed E-state index contributed by atoms with van der Waals surface area (Å²) >= 11 is 0. The predicted octanol–water partition coefficient (Wildman–Crippen LogP) is 3.50. The monoisotopic (exact) mass is 463 g/mol. The van der Waals surface area contributed by atoms with Gasteiger partial charge in [0.25, 0.3) is 5.56 Å². The Kier molecular flexibility index (Phi) is 5.33. The third-order valence-corrected chi connectivity index (χ3v) is 6.52. The van der Waals surface area contributed by atoms with Crippen LogP contribution in [-0.2, 0) is 23.1 Å². The SMILES string of the molecule is O=C(Cn1nc(C2CC2)cc(C(F)(F)F)c1=O)NC1(c2ccc3c(c2)OCCO3)CCCC1. The van der Waals surface area contributed by atoms with Gasteiger partial charge in [-0.15, -0.1) is 0 Å². The number of nitrogens with zero attached hydrogens (tertiary/aromatic N) is 2. The van der Waals surface area contributed by atoms with Crippen molar-refractivity contribution in [3.05, 3.63) is 51.4 Å². The van der Waals surface area contributed by atoms with Crippen molar-refractivity contribution in [3.8, 4) is 11.5 Å². The van der Waals surface area contributed by atoms with E-state index in [1.807, 2.05) is 12.1 Å². The summed E-state index contributed by atoms with van der Waals surface area (Å²) in [7, 11) is 0. The van der Waals surface area contributed by atoms with Crippen molar-refractivity contribution in [1.82, 2.24) is 15.1 Å². The van der Waals surface area contributed by atoms with E-state index in [1.54, 1.807) is 6.07 Å².